The second-order valence-electron chi connectivity index (χ2n) is 7.98. The Kier molecular flexibility index (Phi) is 10.4. The van der Waals surface area contributed by atoms with Crippen LogP contribution >= 0.6 is 0 Å². The van der Waals surface area contributed by atoms with E-state index in [0.29, 0.717) is 31.7 Å². The third-order valence-electron chi connectivity index (χ3n) is 5.00. The van der Waals surface area contributed by atoms with Gasteiger partial charge in [0.25, 0.3) is 5.91 Å². The highest BCUT2D eigenvalue weighted by atomic mass is 16.5. The summed E-state index contributed by atoms with van der Waals surface area (Å²) in [6, 6.07) is 14.8. The highest BCUT2D eigenvalue weighted by molar-refractivity contribution is 6.41. The van der Waals surface area contributed by atoms with Crippen molar-refractivity contribution in [1.82, 2.24) is 10.6 Å². The van der Waals surface area contributed by atoms with Crippen molar-refractivity contribution in [2.75, 3.05) is 0 Å². The number of nitrogens with zero attached hydrogens (tertiary/aromatic N) is 1. The van der Waals surface area contributed by atoms with E-state index in [1.54, 1.807) is 19.1 Å². The number of ether oxygens (including phenoxy) is 1. The molecule has 0 aliphatic rings. The summed E-state index contributed by atoms with van der Waals surface area (Å²) in [7, 11) is 0. The molecule has 0 aliphatic heterocycles. The molecule has 9 nitrogen and oxygen atoms in total. The molecule has 0 bridgehead atoms. The summed E-state index contributed by atoms with van der Waals surface area (Å²) in [5.74, 6) is -0.176. The van der Waals surface area contributed by atoms with Crippen LogP contribution in [-0.4, -0.2) is 35.6 Å². The number of hydrogen-bond donors (Lipinski definition) is 5. The first-order chi connectivity index (χ1) is 16.2. The third kappa shape index (κ3) is 8.76. The third-order valence-corrected chi connectivity index (χ3v) is 5.00. The van der Waals surface area contributed by atoms with Crippen molar-refractivity contribution < 1.29 is 14.3 Å². The monoisotopic (exact) mass is 466 g/mol. The van der Waals surface area contributed by atoms with Crippen molar-refractivity contribution in [2.45, 2.75) is 59.2 Å². The topological polar surface area (TPSA) is 156 Å². The Morgan fingerprint density at radius 2 is 1.53 bits per heavy atom. The van der Waals surface area contributed by atoms with Crippen molar-refractivity contribution in [3.05, 3.63) is 70.8 Å². The van der Waals surface area contributed by atoms with Crippen LogP contribution < -0.4 is 22.1 Å². The zero-order chi connectivity index (χ0) is 25.1. The first-order valence-corrected chi connectivity index (χ1v) is 11.2. The Morgan fingerprint density at radius 1 is 1.00 bits per heavy atom. The molecular weight excluding hydrogens is 432 g/mol. The molecule has 2 amide bonds. The van der Waals surface area contributed by atoms with Gasteiger partial charge >= 0.3 is 0 Å². The van der Waals surface area contributed by atoms with Crippen molar-refractivity contribution >= 4 is 23.4 Å². The minimum absolute atomic E-state index is 0.0929. The van der Waals surface area contributed by atoms with Crippen LogP contribution in [0.1, 0.15) is 54.2 Å². The van der Waals surface area contributed by atoms with E-state index in [-0.39, 0.29) is 23.4 Å². The van der Waals surface area contributed by atoms with E-state index in [4.69, 9.17) is 21.6 Å². The Bertz CT molecular complexity index is 1000. The van der Waals surface area contributed by atoms with Crippen molar-refractivity contribution in [3.8, 4) is 0 Å². The smallest absolute Gasteiger partial charge is 0.251 e. The summed E-state index contributed by atoms with van der Waals surface area (Å²) in [5.41, 5.74) is 14.9. The largest absolute Gasteiger partial charge is 0.382 e. The number of amidine groups is 1. The van der Waals surface area contributed by atoms with Gasteiger partial charge in [-0.15, -0.1) is 0 Å². The number of carbonyl (C=O) groups excluding carboxylic acids is 2. The van der Waals surface area contributed by atoms with E-state index in [9.17, 15) is 9.59 Å². The van der Waals surface area contributed by atoms with E-state index >= 15 is 0 Å². The Morgan fingerprint density at radius 3 is 2.06 bits per heavy atom. The maximum absolute atomic E-state index is 12.4. The number of carbonyl (C=O) groups is 2. The minimum Gasteiger partial charge on any atom is -0.382 e. The van der Waals surface area contributed by atoms with E-state index in [1.807, 2.05) is 43.3 Å². The van der Waals surface area contributed by atoms with Crippen LogP contribution in [0.2, 0.25) is 0 Å². The van der Waals surface area contributed by atoms with Gasteiger partial charge in [0.05, 0.1) is 12.8 Å². The van der Waals surface area contributed by atoms with E-state index < -0.39 is 12.3 Å². The van der Waals surface area contributed by atoms with Crippen LogP contribution in [0.25, 0.3) is 0 Å². The standard InChI is InChI=1S/C25H34N6O3/c1-4-22(23(27)24(28)31-16(2)26)34-15-20-7-5-18(6-8-20)14-30-25(33)21-11-9-19(10-12-21)13-29-17(3)32/h5-12,16,22,27H,4,13-15,26H2,1-3H3,(H2,28,31)(H,29,32)(H,30,33). The van der Waals surface area contributed by atoms with Crippen LogP contribution in [0.4, 0.5) is 0 Å². The quantitative estimate of drug-likeness (QED) is 0.240. The molecule has 182 valence electrons. The maximum atomic E-state index is 12.4. The number of nitrogens with two attached hydrogens (primary N) is 2. The highest BCUT2D eigenvalue weighted by Crippen LogP contribution is 2.10. The van der Waals surface area contributed by atoms with Crippen LogP contribution in [0.3, 0.4) is 0 Å². The molecule has 9 heteroatoms. The second kappa shape index (κ2) is 13.2. The van der Waals surface area contributed by atoms with Crippen LogP contribution in [-0.2, 0) is 29.2 Å². The molecule has 0 saturated carbocycles. The predicted octanol–water partition coefficient (Wildman–Crippen LogP) is 2.23. The average molecular weight is 467 g/mol. The van der Waals surface area contributed by atoms with Gasteiger partial charge in [0.1, 0.15) is 17.7 Å². The Hall–Kier alpha value is -3.56. The molecular formula is C25H34N6O3. The van der Waals surface area contributed by atoms with Gasteiger partial charge in [-0.2, -0.15) is 0 Å². The summed E-state index contributed by atoms with van der Waals surface area (Å²) < 4.78 is 5.86. The molecule has 2 unspecified atom stereocenters. The molecule has 0 heterocycles. The minimum atomic E-state index is -0.472. The first-order valence-electron chi connectivity index (χ1n) is 11.2. The molecule has 2 aromatic carbocycles. The number of rotatable bonds is 12. The fraction of sp³-hybridized carbons (Fsp3) is 0.360. The first kappa shape index (κ1) is 26.7. The average Bonchev–Trinajstić information content (AvgIpc) is 2.82. The molecule has 7 N–H and O–H groups in total. The van der Waals surface area contributed by atoms with Gasteiger partial charge in [-0.05, 0) is 42.2 Å². The van der Waals surface area contributed by atoms with Gasteiger partial charge in [-0.3, -0.25) is 15.0 Å². The van der Waals surface area contributed by atoms with E-state index in [0.717, 1.165) is 16.7 Å². The molecule has 0 aliphatic carbocycles. The zero-order valence-corrected chi connectivity index (χ0v) is 19.9. The fourth-order valence-electron chi connectivity index (χ4n) is 3.09. The second-order valence-corrected chi connectivity index (χ2v) is 7.98. The van der Waals surface area contributed by atoms with E-state index in [1.165, 1.54) is 6.92 Å². The fourth-order valence-corrected chi connectivity index (χ4v) is 3.09. The lowest BCUT2D eigenvalue weighted by molar-refractivity contribution is -0.119. The lowest BCUT2D eigenvalue weighted by Crippen LogP contribution is -2.36. The molecule has 34 heavy (non-hydrogen) atoms. The van der Waals surface area contributed by atoms with E-state index in [2.05, 4.69) is 15.6 Å². The number of benzene rings is 2. The van der Waals surface area contributed by atoms with Gasteiger partial charge in [0, 0.05) is 25.6 Å². The van der Waals surface area contributed by atoms with Crippen molar-refractivity contribution in [2.24, 2.45) is 16.5 Å². The molecule has 0 saturated heterocycles. The zero-order valence-electron chi connectivity index (χ0n) is 19.9. The lowest BCUT2D eigenvalue weighted by atomic mass is 10.1. The maximum Gasteiger partial charge on any atom is 0.251 e. The van der Waals surface area contributed by atoms with Crippen LogP contribution in [0, 0.1) is 5.41 Å². The van der Waals surface area contributed by atoms with Crippen molar-refractivity contribution in [1.29, 1.82) is 5.41 Å². The molecule has 0 spiro atoms. The number of hydrogen-bond acceptors (Lipinski definition) is 6. The Labute approximate surface area is 200 Å². The summed E-state index contributed by atoms with van der Waals surface area (Å²) in [6.07, 6.45) is -0.349. The highest BCUT2D eigenvalue weighted by Gasteiger charge is 2.17. The normalized spacial score (nSPS) is 13.1. The molecule has 0 fully saturated rings. The summed E-state index contributed by atoms with van der Waals surface area (Å²) in [4.78, 5) is 27.4. The number of nitrogens with one attached hydrogen (secondary N) is 3. The van der Waals surface area contributed by atoms with Gasteiger partial charge in [0.15, 0.2) is 0 Å². The van der Waals surface area contributed by atoms with Crippen LogP contribution in [0.15, 0.2) is 53.5 Å². The van der Waals surface area contributed by atoms with Crippen LogP contribution in [0.5, 0.6) is 0 Å². The summed E-state index contributed by atoms with van der Waals surface area (Å²) in [6.45, 7) is 6.22. The Balaban J connectivity index is 1.84. The van der Waals surface area contributed by atoms with Crippen molar-refractivity contribution in [3.63, 3.8) is 0 Å². The SMILES string of the molecule is CCC(OCc1ccc(CNC(=O)c2ccc(CNC(C)=O)cc2)cc1)C(=N)C(N)=NC(C)N. The summed E-state index contributed by atoms with van der Waals surface area (Å²) in [5, 5.41) is 13.8. The molecule has 0 aromatic heterocycles. The number of amides is 2. The molecule has 2 aromatic rings. The number of aliphatic imine (C=N–C) groups is 1. The van der Waals surface area contributed by atoms with Gasteiger partial charge < -0.3 is 26.8 Å². The summed E-state index contributed by atoms with van der Waals surface area (Å²) >= 11 is 0. The lowest BCUT2D eigenvalue weighted by Gasteiger charge is -2.17. The predicted molar refractivity (Wildman–Crippen MR) is 133 cm³/mol. The van der Waals surface area contributed by atoms with Gasteiger partial charge in [0.2, 0.25) is 5.91 Å². The van der Waals surface area contributed by atoms with Gasteiger partial charge in [-0.25, -0.2) is 4.99 Å². The molecule has 2 rings (SSSR count). The van der Waals surface area contributed by atoms with Gasteiger partial charge in [-0.1, -0.05) is 43.3 Å². The molecule has 0 radical (unpaired) electrons. The molecule has 2 atom stereocenters.